The number of hydrogen-bond acceptors (Lipinski definition) is 3. The molecule has 127 valence electrons. The van der Waals surface area contributed by atoms with Crippen molar-refractivity contribution in [2.75, 3.05) is 0 Å². The first kappa shape index (κ1) is 18.0. The van der Waals surface area contributed by atoms with Gasteiger partial charge in [-0.2, -0.15) is 4.89 Å². The van der Waals surface area contributed by atoms with Crippen molar-refractivity contribution in [2.45, 2.75) is 65.7 Å². The lowest BCUT2D eigenvalue weighted by Gasteiger charge is -2.31. The van der Waals surface area contributed by atoms with E-state index in [4.69, 9.17) is 9.78 Å². The SMILES string of the molecule is CCCCCc1ccc(C(=O)OO[C]2C(C)CCCC2C)cc1. The third-order valence-corrected chi connectivity index (χ3v) is 4.72. The van der Waals surface area contributed by atoms with E-state index >= 15 is 0 Å². The number of rotatable bonds is 7. The highest BCUT2D eigenvalue weighted by atomic mass is 17.2. The van der Waals surface area contributed by atoms with Crippen LogP contribution in [-0.2, 0) is 16.2 Å². The first-order valence-electron chi connectivity index (χ1n) is 8.96. The van der Waals surface area contributed by atoms with Crippen LogP contribution in [0.5, 0.6) is 0 Å². The van der Waals surface area contributed by atoms with E-state index < -0.39 is 5.97 Å². The maximum absolute atomic E-state index is 12.1. The minimum atomic E-state index is -0.414. The van der Waals surface area contributed by atoms with E-state index in [1.165, 1.54) is 31.2 Å². The smallest absolute Gasteiger partial charge is 0.292 e. The van der Waals surface area contributed by atoms with Gasteiger partial charge in [0.2, 0.25) is 0 Å². The fourth-order valence-corrected chi connectivity index (χ4v) is 3.19. The number of carbonyl (C=O) groups excluding carboxylic acids is 1. The molecule has 0 saturated heterocycles. The maximum Gasteiger partial charge on any atom is 0.373 e. The quantitative estimate of drug-likeness (QED) is 0.378. The molecule has 0 N–H and O–H groups in total. The Morgan fingerprint density at radius 3 is 2.35 bits per heavy atom. The van der Waals surface area contributed by atoms with Gasteiger partial charge < -0.3 is 0 Å². The zero-order chi connectivity index (χ0) is 16.7. The van der Waals surface area contributed by atoms with Crippen molar-refractivity contribution in [3.8, 4) is 0 Å². The van der Waals surface area contributed by atoms with E-state index in [0.717, 1.165) is 25.4 Å². The Hall–Kier alpha value is -1.35. The summed E-state index contributed by atoms with van der Waals surface area (Å²) in [7, 11) is 0. The molecule has 0 aliphatic heterocycles. The molecular weight excluding hydrogens is 288 g/mol. The van der Waals surface area contributed by atoms with Gasteiger partial charge in [0.05, 0.1) is 5.56 Å². The van der Waals surface area contributed by atoms with Crippen molar-refractivity contribution in [3.63, 3.8) is 0 Å². The molecule has 3 nitrogen and oxygen atoms in total. The number of hydrogen-bond donors (Lipinski definition) is 0. The Kier molecular flexibility index (Phi) is 7.10. The van der Waals surface area contributed by atoms with Crippen molar-refractivity contribution in [1.82, 2.24) is 0 Å². The fourth-order valence-electron chi connectivity index (χ4n) is 3.19. The molecule has 0 amide bonds. The lowest BCUT2D eigenvalue weighted by atomic mass is 9.81. The summed E-state index contributed by atoms with van der Waals surface area (Å²) < 4.78 is 0. The number of benzene rings is 1. The van der Waals surface area contributed by atoms with E-state index in [-0.39, 0.29) is 0 Å². The normalized spacial score (nSPS) is 22.0. The van der Waals surface area contributed by atoms with Gasteiger partial charge >= 0.3 is 5.97 Å². The van der Waals surface area contributed by atoms with E-state index in [0.29, 0.717) is 17.4 Å². The topological polar surface area (TPSA) is 35.5 Å². The molecule has 2 unspecified atom stereocenters. The molecule has 0 aromatic heterocycles. The van der Waals surface area contributed by atoms with Crippen LogP contribution in [0.15, 0.2) is 24.3 Å². The summed E-state index contributed by atoms with van der Waals surface area (Å²) in [6.07, 6.45) is 9.03. The maximum atomic E-state index is 12.1. The second-order valence-corrected chi connectivity index (χ2v) is 6.74. The summed E-state index contributed by atoms with van der Waals surface area (Å²) in [6, 6.07) is 7.66. The summed E-state index contributed by atoms with van der Waals surface area (Å²) in [5.41, 5.74) is 1.81. The van der Waals surface area contributed by atoms with Crippen molar-refractivity contribution in [3.05, 3.63) is 41.5 Å². The van der Waals surface area contributed by atoms with E-state index in [2.05, 4.69) is 20.8 Å². The molecule has 1 fully saturated rings. The number of unbranched alkanes of at least 4 members (excludes halogenated alkanes) is 2. The number of carbonyl (C=O) groups is 1. The van der Waals surface area contributed by atoms with Gasteiger partial charge in [-0.3, -0.25) is 4.89 Å². The van der Waals surface area contributed by atoms with Crippen LogP contribution in [0.3, 0.4) is 0 Å². The summed E-state index contributed by atoms with van der Waals surface area (Å²) in [5, 5.41) is 0. The Morgan fingerprint density at radius 1 is 1.09 bits per heavy atom. The Bertz CT molecular complexity index is 470. The minimum absolute atomic E-state index is 0.354. The monoisotopic (exact) mass is 317 g/mol. The summed E-state index contributed by atoms with van der Waals surface area (Å²) >= 11 is 0. The molecule has 2 rings (SSSR count). The summed E-state index contributed by atoms with van der Waals surface area (Å²) in [6.45, 7) is 6.46. The highest BCUT2D eigenvalue weighted by Gasteiger charge is 2.32. The van der Waals surface area contributed by atoms with Crippen LogP contribution in [-0.4, -0.2) is 5.97 Å². The second kappa shape index (κ2) is 9.07. The van der Waals surface area contributed by atoms with Gasteiger partial charge in [0.25, 0.3) is 0 Å². The van der Waals surface area contributed by atoms with Crippen LogP contribution in [0.4, 0.5) is 0 Å². The third-order valence-electron chi connectivity index (χ3n) is 4.72. The molecule has 23 heavy (non-hydrogen) atoms. The molecular formula is C20H29O3. The lowest BCUT2D eigenvalue weighted by molar-refractivity contribution is -0.253. The fraction of sp³-hybridized carbons (Fsp3) is 0.600. The predicted molar refractivity (Wildman–Crippen MR) is 91.6 cm³/mol. The molecule has 1 aromatic rings. The van der Waals surface area contributed by atoms with Gasteiger partial charge in [0.1, 0.15) is 0 Å². The van der Waals surface area contributed by atoms with Crippen molar-refractivity contribution in [2.24, 2.45) is 11.8 Å². The largest absolute Gasteiger partial charge is 0.373 e. The molecule has 1 radical (unpaired) electrons. The molecule has 1 aliphatic carbocycles. The summed E-state index contributed by atoms with van der Waals surface area (Å²) in [5.74, 6) is 0.294. The lowest BCUT2D eigenvalue weighted by Crippen LogP contribution is -2.26. The van der Waals surface area contributed by atoms with E-state index in [1.54, 1.807) is 0 Å². The van der Waals surface area contributed by atoms with Crippen LogP contribution in [0.2, 0.25) is 0 Å². The molecule has 3 heteroatoms. The van der Waals surface area contributed by atoms with Crippen LogP contribution >= 0.6 is 0 Å². The van der Waals surface area contributed by atoms with Crippen LogP contribution in [0.1, 0.15) is 75.2 Å². The van der Waals surface area contributed by atoms with Crippen LogP contribution in [0.25, 0.3) is 0 Å². The van der Waals surface area contributed by atoms with Crippen molar-refractivity contribution >= 4 is 5.97 Å². The highest BCUT2D eigenvalue weighted by Crippen LogP contribution is 2.37. The van der Waals surface area contributed by atoms with Gasteiger partial charge in [-0.25, -0.2) is 4.79 Å². The zero-order valence-corrected chi connectivity index (χ0v) is 14.6. The summed E-state index contributed by atoms with van der Waals surface area (Å²) in [4.78, 5) is 22.6. The van der Waals surface area contributed by atoms with Gasteiger partial charge in [0.15, 0.2) is 6.10 Å². The Labute approximate surface area is 140 Å². The predicted octanol–water partition coefficient (Wildman–Crippen LogP) is 5.50. The molecule has 1 saturated carbocycles. The average Bonchev–Trinajstić information content (AvgIpc) is 2.55. The molecule has 1 aromatic carbocycles. The Balaban J connectivity index is 1.83. The van der Waals surface area contributed by atoms with Crippen LogP contribution < -0.4 is 0 Å². The van der Waals surface area contributed by atoms with Gasteiger partial charge in [0, 0.05) is 0 Å². The highest BCUT2D eigenvalue weighted by molar-refractivity contribution is 5.88. The molecule has 2 atom stereocenters. The van der Waals surface area contributed by atoms with Gasteiger partial charge in [-0.15, -0.1) is 0 Å². The van der Waals surface area contributed by atoms with Gasteiger partial charge in [-0.1, -0.05) is 52.2 Å². The second-order valence-electron chi connectivity index (χ2n) is 6.74. The molecule has 0 bridgehead atoms. The standard InChI is InChI=1S/C20H29O3/c1-4-5-6-10-17-11-13-18(14-12-17)20(21)23-22-19-15(2)8-7-9-16(19)3/h11-16H,4-10H2,1-3H3. The first-order chi connectivity index (χ1) is 11.1. The average molecular weight is 317 g/mol. The minimum Gasteiger partial charge on any atom is -0.292 e. The van der Waals surface area contributed by atoms with Gasteiger partial charge in [-0.05, 0) is 55.2 Å². The van der Waals surface area contributed by atoms with E-state index in [9.17, 15) is 4.79 Å². The zero-order valence-electron chi connectivity index (χ0n) is 14.6. The first-order valence-corrected chi connectivity index (χ1v) is 8.96. The molecule has 0 spiro atoms. The third kappa shape index (κ3) is 5.35. The van der Waals surface area contributed by atoms with E-state index in [1.807, 2.05) is 24.3 Å². The number of aryl methyl sites for hydroxylation is 1. The molecule has 1 aliphatic rings. The van der Waals surface area contributed by atoms with Crippen molar-refractivity contribution < 1.29 is 14.6 Å². The molecule has 0 heterocycles. The van der Waals surface area contributed by atoms with Crippen molar-refractivity contribution in [1.29, 1.82) is 0 Å². The van der Waals surface area contributed by atoms with Crippen LogP contribution in [0, 0.1) is 17.9 Å². The Morgan fingerprint density at radius 2 is 1.74 bits per heavy atom.